The fourth-order valence-electron chi connectivity index (χ4n) is 2.55. The number of halogens is 1. The van der Waals surface area contributed by atoms with Gasteiger partial charge in [-0.05, 0) is 43.7 Å². The van der Waals surface area contributed by atoms with Gasteiger partial charge in [-0.1, -0.05) is 18.2 Å². The van der Waals surface area contributed by atoms with Gasteiger partial charge in [0.15, 0.2) is 0 Å². The molecule has 0 spiro atoms. The van der Waals surface area contributed by atoms with Crippen LogP contribution in [-0.2, 0) is 14.8 Å². The van der Waals surface area contributed by atoms with E-state index in [1.165, 1.54) is 12.1 Å². The largest absolute Gasteiger partial charge is 0.494 e. The van der Waals surface area contributed by atoms with E-state index >= 15 is 0 Å². The third-order valence-electron chi connectivity index (χ3n) is 3.85. The second kappa shape index (κ2) is 8.85. The molecule has 0 bridgehead atoms. The van der Waals surface area contributed by atoms with Gasteiger partial charge in [-0.15, -0.1) is 0 Å². The minimum atomic E-state index is -3.68. The number of hydrogen-bond acceptors (Lipinski definition) is 4. The van der Waals surface area contributed by atoms with Crippen LogP contribution in [0.15, 0.2) is 48.5 Å². The lowest BCUT2D eigenvalue weighted by Crippen LogP contribution is -2.41. The Balaban J connectivity index is 2.15. The standard InChI is InChI=1S/C19H23FN2O4S/c1-4-26-18-7-5-6-17(12-18)22(27(3,24)25)13-19(23)21-14(2)15-8-10-16(20)11-9-15/h5-12,14H,4,13H2,1-3H3,(H,21,23). The van der Waals surface area contributed by atoms with Crippen LogP contribution >= 0.6 is 0 Å². The van der Waals surface area contributed by atoms with Crippen molar-refractivity contribution in [2.45, 2.75) is 19.9 Å². The van der Waals surface area contributed by atoms with Crippen LogP contribution in [-0.4, -0.2) is 33.7 Å². The number of benzene rings is 2. The van der Waals surface area contributed by atoms with Gasteiger partial charge in [-0.2, -0.15) is 0 Å². The highest BCUT2D eigenvalue weighted by atomic mass is 32.2. The Labute approximate surface area is 159 Å². The Hall–Kier alpha value is -2.61. The molecule has 2 rings (SSSR count). The number of amides is 1. The van der Waals surface area contributed by atoms with Crippen LogP contribution in [0.4, 0.5) is 10.1 Å². The molecule has 0 saturated carbocycles. The molecule has 0 aromatic heterocycles. The Morgan fingerprint density at radius 2 is 1.89 bits per heavy atom. The lowest BCUT2D eigenvalue weighted by atomic mass is 10.1. The maximum Gasteiger partial charge on any atom is 0.241 e. The number of rotatable bonds is 8. The molecule has 146 valence electrons. The van der Waals surface area contributed by atoms with Crippen LogP contribution in [0.1, 0.15) is 25.5 Å². The number of ether oxygens (including phenoxy) is 1. The smallest absolute Gasteiger partial charge is 0.241 e. The summed E-state index contributed by atoms with van der Waals surface area (Å²) in [5.41, 5.74) is 1.06. The van der Waals surface area contributed by atoms with E-state index in [4.69, 9.17) is 4.74 Å². The van der Waals surface area contributed by atoms with E-state index in [2.05, 4.69) is 5.32 Å². The predicted molar refractivity (Wildman–Crippen MR) is 103 cm³/mol. The second-order valence-electron chi connectivity index (χ2n) is 6.04. The molecule has 0 fully saturated rings. The topological polar surface area (TPSA) is 75.7 Å². The fraction of sp³-hybridized carbons (Fsp3) is 0.316. The van der Waals surface area contributed by atoms with Gasteiger partial charge in [0.05, 0.1) is 24.6 Å². The molecule has 0 radical (unpaired) electrons. The quantitative estimate of drug-likeness (QED) is 0.747. The molecule has 0 aliphatic carbocycles. The molecule has 27 heavy (non-hydrogen) atoms. The van der Waals surface area contributed by atoms with E-state index in [1.807, 2.05) is 6.92 Å². The lowest BCUT2D eigenvalue weighted by molar-refractivity contribution is -0.120. The molecule has 6 nitrogen and oxygen atoms in total. The van der Waals surface area contributed by atoms with Gasteiger partial charge in [-0.25, -0.2) is 12.8 Å². The Kier molecular flexibility index (Phi) is 6.79. The summed E-state index contributed by atoms with van der Waals surface area (Å²) >= 11 is 0. The molecule has 1 amide bonds. The van der Waals surface area contributed by atoms with Crippen LogP contribution in [0.3, 0.4) is 0 Å². The Morgan fingerprint density at radius 3 is 2.48 bits per heavy atom. The monoisotopic (exact) mass is 394 g/mol. The molecule has 0 saturated heterocycles. The minimum absolute atomic E-state index is 0.341. The molecule has 1 unspecified atom stereocenters. The first-order chi connectivity index (χ1) is 12.7. The summed E-state index contributed by atoms with van der Waals surface area (Å²) in [5.74, 6) is -0.322. The highest BCUT2D eigenvalue weighted by Crippen LogP contribution is 2.23. The van der Waals surface area contributed by atoms with Crippen molar-refractivity contribution in [3.63, 3.8) is 0 Å². The number of nitrogens with one attached hydrogen (secondary N) is 1. The first-order valence-electron chi connectivity index (χ1n) is 8.46. The van der Waals surface area contributed by atoms with Gasteiger partial charge in [0.1, 0.15) is 18.1 Å². The average molecular weight is 394 g/mol. The van der Waals surface area contributed by atoms with Gasteiger partial charge < -0.3 is 10.1 Å². The maximum absolute atomic E-state index is 13.0. The second-order valence-corrected chi connectivity index (χ2v) is 7.95. The molecule has 2 aromatic rings. The van der Waals surface area contributed by atoms with E-state index in [0.717, 1.165) is 10.6 Å². The van der Waals surface area contributed by atoms with Crippen LogP contribution in [0.2, 0.25) is 0 Å². The third-order valence-corrected chi connectivity index (χ3v) is 4.99. The summed E-state index contributed by atoms with van der Waals surface area (Å²) < 4.78 is 43.8. The van der Waals surface area contributed by atoms with Gasteiger partial charge in [0, 0.05) is 6.07 Å². The van der Waals surface area contributed by atoms with Gasteiger partial charge in [0.2, 0.25) is 15.9 Å². The van der Waals surface area contributed by atoms with Crippen molar-refractivity contribution in [1.29, 1.82) is 0 Å². The summed E-state index contributed by atoms with van der Waals surface area (Å²) in [5, 5.41) is 2.73. The molecule has 1 atom stereocenters. The summed E-state index contributed by atoms with van der Waals surface area (Å²) in [4.78, 5) is 12.4. The van der Waals surface area contributed by atoms with Crippen molar-refractivity contribution in [2.24, 2.45) is 0 Å². The number of carbonyl (C=O) groups excluding carboxylic acids is 1. The van der Waals surface area contributed by atoms with E-state index in [-0.39, 0.29) is 12.4 Å². The molecule has 1 N–H and O–H groups in total. The first kappa shape index (κ1) is 20.7. The molecule has 0 aliphatic heterocycles. The van der Waals surface area contributed by atoms with Crippen molar-refractivity contribution in [3.05, 3.63) is 59.9 Å². The van der Waals surface area contributed by atoms with Crippen LogP contribution in [0.25, 0.3) is 0 Å². The molecular weight excluding hydrogens is 371 g/mol. The number of hydrogen-bond donors (Lipinski definition) is 1. The summed E-state index contributed by atoms with van der Waals surface area (Å²) in [6, 6.07) is 11.9. The van der Waals surface area contributed by atoms with Crippen LogP contribution in [0.5, 0.6) is 5.75 Å². The fourth-order valence-corrected chi connectivity index (χ4v) is 3.40. The number of anilines is 1. The molecule has 0 heterocycles. The molecular formula is C19H23FN2O4S. The normalized spacial score (nSPS) is 12.3. The minimum Gasteiger partial charge on any atom is -0.494 e. The Bertz CT molecular complexity index is 885. The average Bonchev–Trinajstić information content (AvgIpc) is 2.60. The number of nitrogens with zero attached hydrogens (tertiary/aromatic N) is 1. The number of sulfonamides is 1. The molecule has 0 aliphatic rings. The van der Waals surface area contributed by atoms with Gasteiger partial charge >= 0.3 is 0 Å². The molecule has 2 aromatic carbocycles. The Morgan fingerprint density at radius 1 is 1.22 bits per heavy atom. The first-order valence-corrected chi connectivity index (χ1v) is 10.3. The molecule has 8 heteroatoms. The van der Waals surface area contributed by atoms with Crippen molar-refractivity contribution in [2.75, 3.05) is 23.7 Å². The van der Waals surface area contributed by atoms with Crippen LogP contribution < -0.4 is 14.4 Å². The van der Waals surface area contributed by atoms with Crippen molar-refractivity contribution < 1.29 is 22.3 Å². The van der Waals surface area contributed by atoms with Crippen molar-refractivity contribution in [3.8, 4) is 5.75 Å². The summed E-state index contributed by atoms with van der Waals surface area (Å²) in [6.07, 6.45) is 1.04. The van der Waals surface area contributed by atoms with E-state index in [0.29, 0.717) is 23.6 Å². The highest BCUT2D eigenvalue weighted by molar-refractivity contribution is 7.92. The van der Waals surface area contributed by atoms with E-state index in [1.54, 1.807) is 43.3 Å². The third kappa shape index (κ3) is 5.96. The lowest BCUT2D eigenvalue weighted by Gasteiger charge is -2.23. The van der Waals surface area contributed by atoms with E-state index in [9.17, 15) is 17.6 Å². The zero-order chi connectivity index (χ0) is 20.0. The number of carbonyl (C=O) groups is 1. The van der Waals surface area contributed by atoms with E-state index < -0.39 is 22.0 Å². The van der Waals surface area contributed by atoms with Crippen molar-refractivity contribution in [1.82, 2.24) is 5.32 Å². The zero-order valence-electron chi connectivity index (χ0n) is 15.5. The summed E-state index contributed by atoms with van der Waals surface area (Å²) in [7, 11) is -3.68. The highest BCUT2D eigenvalue weighted by Gasteiger charge is 2.22. The van der Waals surface area contributed by atoms with Crippen LogP contribution in [0, 0.1) is 5.82 Å². The summed E-state index contributed by atoms with van der Waals surface area (Å²) in [6.45, 7) is 3.63. The SMILES string of the molecule is CCOc1cccc(N(CC(=O)NC(C)c2ccc(F)cc2)S(C)(=O)=O)c1. The predicted octanol–water partition coefficient (Wildman–Crippen LogP) is 2.87. The zero-order valence-corrected chi connectivity index (χ0v) is 16.3. The van der Waals surface area contributed by atoms with Gasteiger partial charge in [0.25, 0.3) is 0 Å². The maximum atomic E-state index is 13.0. The van der Waals surface area contributed by atoms with Gasteiger partial charge in [-0.3, -0.25) is 9.10 Å². The van der Waals surface area contributed by atoms with Crippen molar-refractivity contribution >= 4 is 21.6 Å².